The molecule has 0 bridgehead atoms. The lowest BCUT2D eigenvalue weighted by molar-refractivity contribution is -0.167. The number of carbonyl (C=O) groups excluding carboxylic acids is 1. The van der Waals surface area contributed by atoms with Gasteiger partial charge in [-0.15, -0.1) is 0 Å². The molecule has 0 aromatic heterocycles. The number of aliphatic hydroxyl groups excluding tert-OH is 1. The van der Waals surface area contributed by atoms with Gasteiger partial charge < -0.3 is 15.1 Å². The molecular formula is C21H31NO4. The van der Waals surface area contributed by atoms with Crippen LogP contribution < -0.4 is 0 Å². The molecule has 1 aliphatic rings. The van der Waals surface area contributed by atoms with Crippen LogP contribution in [0.5, 0.6) is 0 Å². The summed E-state index contributed by atoms with van der Waals surface area (Å²) in [6.07, 6.45) is 0.751. The van der Waals surface area contributed by atoms with E-state index in [2.05, 4.69) is 0 Å². The van der Waals surface area contributed by atoms with Crippen molar-refractivity contribution in [1.29, 1.82) is 0 Å². The highest BCUT2D eigenvalue weighted by Gasteiger charge is 2.49. The molecule has 1 heterocycles. The van der Waals surface area contributed by atoms with Crippen LogP contribution in [0.15, 0.2) is 18.2 Å². The molecule has 2 atom stereocenters. The first-order valence-electron chi connectivity index (χ1n) is 9.41. The third-order valence-electron chi connectivity index (χ3n) is 5.66. The van der Waals surface area contributed by atoms with Crippen molar-refractivity contribution >= 4 is 11.9 Å². The molecule has 1 aliphatic heterocycles. The zero-order chi connectivity index (χ0) is 19.5. The number of aliphatic hydroxyl groups is 1. The van der Waals surface area contributed by atoms with Gasteiger partial charge in [0.2, 0.25) is 5.91 Å². The first kappa shape index (κ1) is 20.4. The highest BCUT2D eigenvalue weighted by atomic mass is 16.4. The van der Waals surface area contributed by atoms with E-state index in [0.29, 0.717) is 31.7 Å². The van der Waals surface area contributed by atoms with Gasteiger partial charge in [0.15, 0.2) is 0 Å². The van der Waals surface area contributed by atoms with Crippen molar-refractivity contribution in [3.05, 3.63) is 34.9 Å². The van der Waals surface area contributed by atoms with E-state index in [4.69, 9.17) is 0 Å². The minimum atomic E-state index is -1.26. The normalized spacial score (nSPS) is 23.3. The summed E-state index contributed by atoms with van der Waals surface area (Å²) in [7, 11) is 0. The second kappa shape index (κ2) is 8.21. The van der Waals surface area contributed by atoms with E-state index in [0.717, 1.165) is 11.1 Å². The van der Waals surface area contributed by atoms with Gasteiger partial charge in [-0.05, 0) is 55.7 Å². The number of carboxylic acids is 1. The van der Waals surface area contributed by atoms with Crippen molar-refractivity contribution in [2.75, 3.05) is 13.1 Å². The van der Waals surface area contributed by atoms with Gasteiger partial charge in [-0.2, -0.15) is 0 Å². The van der Waals surface area contributed by atoms with Crippen LogP contribution >= 0.6 is 0 Å². The van der Waals surface area contributed by atoms with E-state index >= 15 is 0 Å². The van der Waals surface area contributed by atoms with Gasteiger partial charge in [0.1, 0.15) is 5.41 Å². The summed E-state index contributed by atoms with van der Waals surface area (Å²) in [5.74, 6) is -0.732. The molecule has 144 valence electrons. The third kappa shape index (κ3) is 4.44. The van der Waals surface area contributed by atoms with Gasteiger partial charge in [0.05, 0.1) is 12.5 Å². The fourth-order valence-corrected chi connectivity index (χ4v) is 3.60. The maximum Gasteiger partial charge on any atom is 0.314 e. The fraction of sp³-hybridized carbons (Fsp3) is 0.619. The van der Waals surface area contributed by atoms with Crippen LogP contribution in [0.25, 0.3) is 0 Å². The predicted molar refractivity (Wildman–Crippen MR) is 101 cm³/mol. The van der Waals surface area contributed by atoms with Crippen LogP contribution in [0, 0.1) is 25.2 Å². The van der Waals surface area contributed by atoms with Crippen molar-refractivity contribution in [2.24, 2.45) is 11.3 Å². The molecule has 0 aliphatic carbocycles. The zero-order valence-electron chi connectivity index (χ0n) is 16.3. The number of benzene rings is 1. The Bertz CT molecular complexity index is 670. The summed E-state index contributed by atoms with van der Waals surface area (Å²) in [5, 5.41) is 20.3. The number of nitrogens with zero attached hydrogens (tertiary/aromatic N) is 1. The van der Waals surface area contributed by atoms with E-state index in [1.807, 2.05) is 45.9 Å². The quantitative estimate of drug-likeness (QED) is 0.817. The van der Waals surface area contributed by atoms with E-state index in [1.165, 1.54) is 5.56 Å². The molecule has 5 heteroatoms. The van der Waals surface area contributed by atoms with Crippen LogP contribution in [-0.4, -0.2) is 46.2 Å². The van der Waals surface area contributed by atoms with Crippen molar-refractivity contribution in [3.8, 4) is 0 Å². The second-order valence-electron chi connectivity index (χ2n) is 8.11. The Labute approximate surface area is 156 Å². The number of carbonyl (C=O) groups is 2. The van der Waals surface area contributed by atoms with E-state index in [1.54, 1.807) is 4.90 Å². The molecule has 0 unspecified atom stereocenters. The molecule has 2 rings (SSSR count). The van der Waals surface area contributed by atoms with Crippen molar-refractivity contribution in [3.63, 3.8) is 0 Å². The zero-order valence-corrected chi connectivity index (χ0v) is 16.3. The van der Waals surface area contributed by atoms with E-state index in [-0.39, 0.29) is 18.9 Å². The summed E-state index contributed by atoms with van der Waals surface area (Å²) in [6, 6.07) is 5.96. The number of aryl methyl sites for hydroxylation is 2. The Hall–Kier alpha value is -1.88. The molecule has 1 amide bonds. The minimum Gasteiger partial charge on any atom is -0.481 e. The predicted octanol–water partition coefficient (Wildman–Crippen LogP) is 2.95. The highest BCUT2D eigenvalue weighted by Crippen LogP contribution is 2.37. The smallest absolute Gasteiger partial charge is 0.314 e. The molecule has 0 spiro atoms. The van der Waals surface area contributed by atoms with Crippen molar-refractivity contribution in [1.82, 2.24) is 4.90 Å². The molecule has 2 N–H and O–H groups in total. The van der Waals surface area contributed by atoms with Gasteiger partial charge >= 0.3 is 5.97 Å². The molecule has 1 saturated heterocycles. The van der Waals surface area contributed by atoms with Crippen LogP contribution in [0.3, 0.4) is 0 Å². The second-order valence-corrected chi connectivity index (χ2v) is 8.11. The summed E-state index contributed by atoms with van der Waals surface area (Å²) in [5.41, 5.74) is 2.00. The highest BCUT2D eigenvalue weighted by molar-refractivity contribution is 5.81. The summed E-state index contributed by atoms with van der Waals surface area (Å²) in [6.45, 7) is 8.60. The number of piperidine rings is 1. The van der Waals surface area contributed by atoms with Crippen molar-refractivity contribution in [2.45, 2.75) is 59.5 Å². The maximum absolute atomic E-state index is 12.8. The average Bonchev–Trinajstić information content (AvgIpc) is 2.57. The number of aliphatic carboxylic acids is 1. The molecule has 0 radical (unpaired) electrons. The molecular weight excluding hydrogens is 330 g/mol. The van der Waals surface area contributed by atoms with E-state index in [9.17, 15) is 19.8 Å². The van der Waals surface area contributed by atoms with Crippen LogP contribution in [0.4, 0.5) is 0 Å². The third-order valence-corrected chi connectivity index (χ3v) is 5.66. The Morgan fingerprint density at radius 1 is 1.27 bits per heavy atom. The summed E-state index contributed by atoms with van der Waals surface area (Å²) >= 11 is 0. The topological polar surface area (TPSA) is 77.8 Å². The average molecular weight is 361 g/mol. The SMILES string of the molecule is Cc1ccc(CC(=O)N2CC[C@@H](O)[C@](CCC(C)C)(C(=O)O)C2)cc1C. The lowest BCUT2D eigenvalue weighted by Gasteiger charge is -2.43. The monoisotopic (exact) mass is 361 g/mol. The number of rotatable bonds is 6. The first-order chi connectivity index (χ1) is 12.2. The number of hydrogen-bond donors (Lipinski definition) is 2. The molecule has 1 aromatic rings. The standard InChI is InChI=1S/C21H31NO4/c1-14(2)7-9-21(20(25)26)13-22(10-8-18(21)23)19(24)12-17-6-5-15(3)16(4)11-17/h5-6,11,14,18,23H,7-10,12-13H2,1-4H3,(H,25,26)/t18-,21-/m1/s1. The summed E-state index contributed by atoms with van der Waals surface area (Å²) in [4.78, 5) is 26.4. The molecule has 0 saturated carbocycles. The number of amides is 1. The molecule has 1 aromatic carbocycles. The maximum atomic E-state index is 12.8. The van der Waals surface area contributed by atoms with Gasteiger partial charge in [-0.25, -0.2) is 0 Å². The number of likely N-dealkylation sites (tertiary alicyclic amines) is 1. The fourth-order valence-electron chi connectivity index (χ4n) is 3.60. The number of carboxylic acid groups (broad SMARTS) is 1. The Balaban J connectivity index is 2.14. The Morgan fingerprint density at radius 3 is 2.54 bits per heavy atom. The van der Waals surface area contributed by atoms with Crippen LogP contribution in [0.1, 0.15) is 49.8 Å². The first-order valence-corrected chi connectivity index (χ1v) is 9.41. The summed E-state index contributed by atoms with van der Waals surface area (Å²) < 4.78 is 0. The van der Waals surface area contributed by atoms with Gasteiger partial charge in [-0.3, -0.25) is 9.59 Å². The molecule has 5 nitrogen and oxygen atoms in total. The Morgan fingerprint density at radius 2 is 1.96 bits per heavy atom. The molecule has 1 fully saturated rings. The lowest BCUT2D eigenvalue weighted by atomic mass is 9.72. The van der Waals surface area contributed by atoms with Crippen LogP contribution in [0.2, 0.25) is 0 Å². The van der Waals surface area contributed by atoms with E-state index < -0.39 is 17.5 Å². The lowest BCUT2D eigenvalue weighted by Crippen LogP contribution is -2.57. The van der Waals surface area contributed by atoms with Crippen molar-refractivity contribution < 1.29 is 19.8 Å². The van der Waals surface area contributed by atoms with Gasteiger partial charge in [-0.1, -0.05) is 32.0 Å². The number of hydrogen-bond acceptors (Lipinski definition) is 3. The van der Waals surface area contributed by atoms with Gasteiger partial charge in [0, 0.05) is 13.1 Å². The largest absolute Gasteiger partial charge is 0.481 e. The Kier molecular flexibility index (Phi) is 6.45. The minimum absolute atomic E-state index is 0.0738. The van der Waals surface area contributed by atoms with Crippen LogP contribution in [-0.2, 0) is 16.0 Å². The van der Waals surface area contributed by atoms with Gasteiger partial charge in [0.25, 0.3) is 0 Å². The molecule has 26 heavy (non-hydrogen) atoms.